The molecule has 0 aliphatic carbocycles. The highest BCUT2D eigenvalue weighted by atomic mass is 16.6. The number of rotatable bonds is 0. The Kier molecular flexibility index (Phi) is 1.97. The van der Waals surface area contributed by atoms with Crippen molar-refractivity contribution in [3.63, 3.8) is 0 Å². The van der Waals surface area contributed by atoms with Gasteiger partial charge < -0.3 is 15.2 Å². The lowest BCUT2D eigenvalue weighted by atomic mass is 9.87. The van der Waals surface area contributed by atoms with Crippen molar-refractivity contribution in [3.8, 4) is 5.75 Å². The van der Waals surface area contributed by atoms with Gasteiger partial charge in [-0.05, 0) is 6.07 Å². The highest BCUT2D eigenvalue weighted by molar-refractivity contribution is 5.38. The third-order valence-corrected chi connectivity index (χ3v) is 3.30. The van der Waals surface area contributed by atoms with Crippen molar-refractivity contribution >= 4 is 0 Å². The van der Waals surface area contributed by atoms with Crippen molar-refractivity contribution in [1.82, 2.24) is 0 Å². The second-order valence-electron chi connectivity index (χ2n) is 4.44. The Morgan fingerprint density at radius 3 is 3.00 bits per heavy atom. The lowest BCUT2D eigenvalue weighted by Gasteiger charge is -2.37. The van der Waals surface area contributed by atoms with E-state index >= 15 is 0 Å². The average molecular weight is 205 g/mol. The van der Waals surface area contributed by atoms with E-state index in [-0.39, 0.29) is 11.6 Å². The maximum absolute atomic E-state index is 6.17. The van der Waals surface area contributed by atoms with Crippen molar-refractivity contribution in [2.24, 2.45) is 5.73 Å². The standard InChI is InChI=1S/C12H15NO2/c13-10-7-12(5-6-14-8-12)15-11-4-2-1-3-9(10)11/h1-4,10H,5-8,13H2/t10-,12?/m0/s1. The maximum Gasteiger partial charge on any atom is 0.136 e. The molecule has 3 rings (SSSR count). The summed E-state index contributed by atoms with van der Waals surface area (Å²) in [6.45, 7) is 1.46. The molecule has 0 amide bonds. The van der Waals surface area contributed by atoms with E-state index in [1.807, 2.05) is 24.3 Å². The molecule has 0 radical (unpaired) electrons. The van der Waals surface area contributed by atoms with Gasteiger partial charge in [0.15, 0.2) is 0 Å². The van der Waals surface area contributed by atoms with Crippen molar-refractivity contribution in [2.75, 3.05) is 13.2 Å². The predicted octanol–water partition coefficient (Wildman–Crippen LogP) is 1.63. The topological polar surface area (TPSA) is 44.5 Å². The van der Waals surface area contributed by atoms with Crippen LogP contribution in [-0.2, 0) is 4.74 Å². The smallest absolute Gasteiger partial charge is 0.136 e. The molecule has 0 saturated carbocycles. The van der Waals surface area contributed by atoms with Crippen LogP contribution in [0.25, 0.3) is 0 Å². The maximum atomic E-state index is 6.17. The first-order valence-corrected chi connectivity index (χ1v) is 5.40. The van der Waals surface area contributed by atoms with Crippen molar-refractivity contribution in [1.29, 1.82) is 0 Å². The monoisotopic (exact) mass is 205 g/mol. The Bertz CT molecular complexity index is 372. The van der Waals surface area contributed by atoms with Gasteiger partial charge in [-0.15, -0.1) is 0 Å². The Balaban J connectivity index is 1.98. The van der Waals surface area contributed by atoms with Crippen LogP contribution in [0, 0.1) is 0 Å². The van der Waals surface area contributed by atoms with Gasteiger partial charge in [-0.1, -0.05) is 18.2 Å². The Morgan fingerprint density at radius 2 is 2.20 bits per heavy atom. The van der Waals surface area contributed by atoms with E-state index in [1.165, 1.54) is 0 Å². The molecule has 2 N–H and O–H groups in total. The van der Waals surface area contributed by atoms with E-state index in [9.17, 15) is 0 Å². The number of hydrogen-bond acceptors (Lipinski definition) is 3. The minimum absolute atomic E-state index is 0.0802. The molecule has 3 heteroatoms. The summed E-state index contributed by atoms with van der Waals surface area (Å²) in [5, 5.41) is 0. The fourth-order valence-corrected chi connectivity index (χ4v) is 2.50. The molecular weight excluding hydrogens is 190 g/mol. The largest absolute Gasteiger partial charge is 0.484 e. The molecule has 1 aromatic rings. The molecular formula is C12H15NO2. The van der Waals surface area contributed by atoms with Crippen LogP contribution in [0.4, 0.5) is 0 Å². The fourth-order valence-electron chi connectivity index (χ4n) is 2.50. The summed E-state index contributed by atoms with van der Waals surface area (Å²) in [5.74, 6) is 0.932. The van der Waals surface area contributed by atoms with Gasteiger partial charge in [0.25, 0.3) is 0 Å². The first-order valence-electron chi connectivity index (χ1n) is 5.40. The van der Waals surface area contributed by atoms with E-state index in [4.69, 9.17) is 15.2 Å². The highest BCUT2D eigenvalue weighted by Crippen LogP contribution is 2.41. The molecule has 1 spiro atoms. The number of hydrogen-bond donors (Lipinski definition) is 1. The molecule has 1 saturated heterocycles. The summed E-state index contributed by atoms with van der Waals surface area (Å²) in [4.78, 5) is 0. The number of nitrogens with two attached hydrogens (primary N) is 1. The predicted molar refractivity (Wildman–Crippen MR) is 56.8 cm³/mol. The van der Waals surface area contributed by atoms with Crippen LogP contribution >= 0.6 is 0 Å². The Morgan fingerprint density at radius 1 is 1.33 bits per heavy atom. The number of para-hydroxylation sites is 1. The summed E-state index contributed by atoms with van der Waals surface area (Å²) >= 11 is 0. The molecule has 1 fully saturated rings. The minimum atomic E-state index is -0.159. The molecule has 2 heterocycles. The molecule has 2 aliphatic rings. The zero-order chi connectivity index (χ0) is 10.3. The number of ether oxygens (including phenoxy) is 2. The number of fused-ring (bicyclic) bond motifs is 1. The molecule has 1 unspecified atom stereocenters. The summed E-state index contributed by atoms with van der Waals surface area (Å²) in [6, 6.07) is 8.11. The average Bonchev–Trinajstić information content (AvgIpc) is 2.66. The van der Waals surface area contributed by atoms with Crippen LogP contribution in [0.3, 0.4) is 0 Å². The van der Waals surface area contributed by atoms with Gasteiger partial charge in [-0.3, -0.25) is 0 Å². The first kappa shape index (κ1) is 9.19. The van der Waals surface area contributed by atoms with Crippen molar-refractivity contribution in [2.45, 2.75) is 24.5 Å². The second kappa shape index (κ2) is 3.22. The summed E-state index contributed by atoms with van der Waals surface area (Å²) in [7, 11) is 0. The van der Waals surface area contributed by atoms with Gasteiger partial charge >= 0.3 is 0 Å². The lowest BCUT2D eigenvalue weighted by molar-refractivity contribution is 0.0235. The van der Waals surface area contributed by atoms with E-state index in [0.29, 0.717) is 6.61 Å². The van der Waals surface area contributed by atoms with Crippen LogP contribution < -0.4 is 10.5 Å². The normalized spacial score (nSPS) is 33.8. The van der Waals surface area contributed by atoms with Gasteiger partial charge in [0, 0.05) is 24.4 Å². The zero-order valence-corrected chi connectivity index (χ0v) is 8.61. The molecule has 2 aliphatic heterocycles. The summed E-state index contributed by atoms with van der Waals surface area (Å²) in [6.07, 6.45) is 1.82. The third kappa shape index (κ3) is 1.43. The van der Waals surface area contributed by atoms with Crippen LogP contribution in [0.15, 0.2) is 24.3 Å². The summed E-state index contributed by atoms with van der Waals surface area (Å²) < 4.78 is 11.5. The van der Waals surface area contributed by atoms with Crippen molar-refractivity contribution in [3.05, 3.63) is 29.8 Å². The van der Waals surface area contributed by atoms with E-state index in [0.717, 1.165) is 30.8 Å². The van der Waals surface area contributed by atoms with Gasteiger partial charge in [0.1, 0.15) is 11.4 Å². The minimum Gasteiger partial charge on any atom is -0.484 e. The number of benzene rings is 1. The molecule has 80 valence electrons. The molecule has 0 aromatic heterocycles. The Labute approximate surface area is 89.2 Å². The molecule has 1 aromatic carbocycles. The second-order valence-corrected chi connectivity index (χ2v) is 4.44. The Hall–Kier alpha value is -1.06. The van der Waals surface area contributed by atoms with Crippen LogP contribution in [0.2, 0.25) is 0 Å². The van der Waals surface area contributed by atoms with Crippen molar-refractivity contribution < 1.29 is 9.47 Å². The molecule has 2 atom stereocenters. The van der Waals surface area contributed by atoms with Gasteiger partial charge in [-0.2, -0.15) is 0 Å². The van der Waals surface area contributed by atoms with E-state index < -0.39 is 0 Å². The molecule has 15 heavy (non-hydrogen) atoms. The van der Waals surface area contributed by atoms with Crippen LogP contribution in [-0.4, -0.2) is 18.8 Å². The van der Waals surface area contributed by atoms with Gasteiger partial charge in [0.05, 0.1) is 13.2 Å². The summed E-state index contributed by atoms with van der Waals surface area (Å²) in [5.41, 5.74) is 7.13. The van der Waals surface area contributed by atoms with E-state index in [2.05, 4.69) is 0 Å². The lowest BCUT2D eigenvalue weighted by Crippen LogP contribution is -2.43. The van der Waals surface area contributed by atoms with Gasteiger partial charge in [-0.25, -0.2) is 0 Å². The van der Waals surface area contributed by atoms with Crippen LogP contribution in [0.5, 0.6) is 5.75 Å². The molecule has 3 nitrogen and oxygen atoms in total. The SMILES string of the molecule is N[C@H]1CC2(CCOC2)Oc2ccccc21. The quantitative estimate of drug-likeness (QED) is 0.700. The first-order chi connectivity index (χ1) is 7.29. The zero-order valence-electron chi connectivity index (χ0n) is 8.61. The third-order valence-electron chi connectivity index (χ3n) is 3.30. The van der Waals surface area contributed by atoms with E-state index in [1.54, 1.807) is 0 Å². The highest BCUT2D eigenvalue weighted by Gasteiger charge is 2.42. The van der Waals surface area contributed by atoms with Gasteiger partial charge in [0.2, 0.25) is 0 Å². The fraction of sp³-hybridized carbons (Fsp3) is 0.500. The molecule has 0 bridgehead atoms. The van der Waals surface area contributed by atoms with Crippen LogP contribution in [0.1, 0.15) is 24.4 Å².